The Hall–Kier alpha value is -2.02. The van der Waals surface area contributed by atoms with Gasteiger partial charge in [-0.15, -0.1) is 0 Å². The second-order valence-electron chi connectivity index (χ2n) is 5.70. The minimum absolute atomic E-state index is 0.0533. The lowest BCUT2D eigenvalue weighted by Crippen LogP contribution is -2.51. The normalized spacial score (nSPS) is 19.3. The van der Waals surface area contributed by atoms with Crippen LogP contribution in [0, 0.1) is 11.6 Å². The Morgan fingerprint density at radius 3 is 2.74 bits per heavy atom. The van der Waals surface area contributed by atoms with Crippen LogP contribution in [0.25, 0.3) is 0 Å². The molecule has 1 aromatic rings. The monoisotopic (exact) mass is 326 g/mol. The average Bonchev–Trinajstić information content (AvgIpc) is 2.54. The summed E-state index contributed by atoms with van der Waals surface area (Å²) in [7, 11) is 0. The van der Waals surface area contributed by atoms with E-state index in [1.807, 2.05) is 0 Å². The number of hydrogen-bond acceptors (Lipinski definition) is 3. The Labute approximate surface area is 133 Å². The van der Waals surface area contributed by atoms with Crippen molar-refractivity contribution in [2.45, 2.75) is 38.3 Å². The van der Waals surface area contributed by atoms with Crippen molar-refractivity contribution in [3.63, 3.8) is 0 Å². The highest BCUT2D eigenvalue weighted by Crippen LogP contribution is 2.19. The number of nitrogens with one attached hydrogen (secondary N) is 1. The Morgan fingerprint density at radius 2 is 2.09 bits per heavy atom. The fraction of sp³-hybridized carbons (Fsp3) is 0.500. The molecule has 0 unspecified atom stereocenters. The van der Waals surface area contributed by atoms with E-state index < -0.39 is 23.6 Å². The molecule has 1 aromatic carbocycles. The maximum absolute atomic E-state index is 13.1. The van der Waals surface area contributed by atoms with Crippen LogP contribution in [0.1, 0.15) is 36.5 Å². The fourth-order valence-electron chi connectivity index (χ4n) is 2.77. The summed E-state index contributed by atoms with van der Waals surface area (Å²) < 4.78 is 26.0. The van der Waals surface area contributed by atoms with Gasteiger partial charge >= 0.3 is 0 Å². The number of hydrogen-bond donors (Lipinski definition) is 2. The molecule has 1 saturated heterocycles. The third-order valence-electron chi connectivity index (χ3n) is 4.01. The zero-order valence-electron chi connectivity index (χ0n) is 12.9. The van der Waals surface area contributed by atoms with Gasteiger partial charge in [0.1, 0.15) is 0 Å². The van der Waals surface area contributed by atoms with E-state index in [4.69, 9.17) is 0 Å². The van der Waals surface area contributed by atoms with E-state index in [0.717, 1.165) is 37.5 Å². The molecular weight excluding hydrogens is 306 g/mol. The maximum Gasteiger partial charge on any atom is 0.251 e. The van der Waals surface area contributed by atoms with Crippen molar-refractivity contribution >= 4 is 11.8 Å². The van der Waals surface area contributed by atoms with Gasteiger partial charge in [0.05, 0.1) is 18.7 Å². The van der Waals surface area contributed by atoms with Crippen LogP contribution in [0.3, 0.4) is 0 Å². The predicted octanol–water partition coefficient (Wildman–Crippen LogP) is 1.46. The average molecular weight is 326 g/mol. The van der Waals surface area contributed by atoms with Crippen molar-refractivity contribution in [1.82, 2.24) is 10.2 Å². The van der Waals surface area contributed by atoms with Gasteiger partial charge in [-0.05, 0) is 44.4 Å². The first kappa shape index (κ1) is 17.3. The van der Waals surface area contributed by atoms with Crippen molar-refractivity contribution < 1.29 is 23.5 Å². The van der Waals surface area contributed by atoms with Gasteiger partial charge in [-0.2, -0.15) is 0 Å². The minimum atomic E-state index is -1.12. The van der Waals surface area contributed by atoms with Crippen LogP contribution in [0.2, 0.25) is 0 Å². The van der Waals surface area contributed by atoms with Gasteiger partial charge in [-0.1, -0.05) is 0 Å². The number of nitrogens with zero attached hydrogens (tertiary/aromatic N) is 1. The number of piperidine rings is 1. The van der Waals surface area contributed by atoms with Crippen LogP contribution in [0.5, 0.6) is 0 Å². The van der Waals surface area contributed by atoms with E-state index in [1.165, 1.54) is 0 Å². The molecule has 2 atom stereocenters. The number of rotatable bonds is 4. The topological polar surface area (TPSA) is 69.6 Å². The van der Waals surface area contributed by atoms with Crippen molar-refractivity contribution in [3.05, 3.63) is 35.4 Å². The Balaban J connectivity index is 1.95. The lowest BCUT2D eigenvalue weighted by Gasteiger charge is -2.37. The molecule has 1 aliphatic heterocycles. The first-order chi connectivity index (χ1) is 10.9. The number of likely N-dealkylation sites (tertiary alicyclic amines) is 1. The molecule has 126 valence electrons. The summed E-state index contributed by atoms with van der Waals surface area (Å²) in [6.45, 7) is 1.92. The van der Waals surface area contributed by atoms with Crippen LogP contribution < -0.4 is 5.32 Å². The van der Waals surface area contributed by atoms with Crippen molar-refractivity contribution in [3.8, 4) is 0 Å². The second kappa shape index (κ2) is 7.50. The number of amides is 2. The van der Waals surface area contributed by atoms with Crippen molar-refractivity contribution in [2.24, 2.45) is 0 Å². The summed E-state index contributed by atoms with van der Waals surface area (Å²) in [6, 6.07) is 2.54. The molecule has 2 rings (SSSR count). The number of benzene rings is 1. The summed E-state index contributed by atoms with van der Waals surface area (Å²) >= 11 is 0. The van der Waals surface area contributed by atoms with Gasteiger partial charge in [0.25, 0.3) is 5.91 Å². The first-order valence-electron chi connectivity index (χ1n) is 7.61. The quantitative estimate of drug-likeness (QED) is 0.880. The second-order valence-corrected chi connectivity index (χ2v) is 5.70. The van der Waals surface area contributed by atoms with Gasteiger partial charge in [0, 0.05) is 12.1 Å². The Morgan fingerprint density at radius 1 is 1.35 bits per heavy atom. The van der Waals surface area contributed by atoms with Gasteiger partial charge in [-0.3, -0.25) is 9.59 Å². The van der Waals surface area contributed by atoms with E-state index in [2.05, 4.69) is 5.32 Å². The molecule has 23 heavy (non-hydrogen) atoms. The molecule has 0 radical (unpaired) electrons. The van der Waals surface area contributed by atoms with Gasteiger partial charge in [-0.25, -0.2) is 8.78 Å². The summed E-state index contributed by atoms with van der Waals surface area (Å²) in [6.07, 6.45) is 1.88. The molecular formula is C16H20F2N2O3. The highest BCUT2D eigenvalue weighted by atomic mass is 19.2. The maximum atomic E-state index is 13.1. The van der Waals surface area contributed by atoms with Crippen molar-refractivity contribution in [1.29, 1.82) is 0 Å². The fourth-order valence-corrected chi connectivity index (χ4v) is 2.77. The minimum Gasteiger partial charge on any atom is -0.391 e. The van der Waals surface area contributed by atoms with Crippen LogP contribution >= 0.6 is 0 Å². The molecule has 7 heteroatoms. The lowest BCUT2D eigenvalue weighted by atomic mass is 9.98. The molecule has 1 fully saturated rings. The molecule has 1 heterocycles. The smallest absolute Gasteiger partial charge is 0.251 e. The van der Waals surface area contributed by atoms with Gasteiger partial charge in [0.15, 0.2) is 11.6 Å². The van der Waals surface area contributed by atoms with Crippen LogP contribution in [-0.2, 0) is 4.79 Å². The van der Waals surface area contributed by atoms with Crippen LogP contribution in [0.4, 0.5) is 8.78 Å². The molecule has 2 N–H and O–H groups in total. The van der Waals surface area contributed by atoms with Crippen molar-refractivity contribution in [2.75, 3.05) is 13.1 Å². The van der Waals surface area contributed by atoms with E-state index in [9.17, 15) is 23.5 Å². The third kappa shape index (κ3) is 4.25. The Bertz CT molecular complexity index is 593. The van der Waals surface area contributed by atoms with Crippen LogP contribution in [0.15, 0.2) is 18.2 Å². The molecule has 1 aliphatic rings. The standard InChI is InChI=1S/C16H20F2N2O3/c1-10(21)14-4-2-3-7-20(14)15(22)9-19-16(23)11-5-6-12(17)13(18)8-11/h5-6,8,10,14,21H,2-4,7,9H2,1H3,(H,19,23)/t10-,14+/m1/s1. The lowest BCUT2D eigenvalue weighted by molar-refractivity contribution is -0.136. The predicted molar refractivity (Wildman–Crippen MR) is 79.7 cm³/mol. The first-order valence-corrected chi connectivity index (χ1v) is 7.61. The van der Waals surface area contributed by atoms with Gasteiger partial charge < -0.3 is 15.3 Å². The summed E-state index contributed by atoms with van der Waals surface area (Å²) in [5.41, 5.74) is -0.0533. The third-order valence-corrected chi connectivity index (χ3v) is 4.01. The SMILES string of the molecule is C[C@@H](O)[C@@H]1CCCCN1C(=O)CNC(=O)c1ccc(F)c(F)c1. The molecule has 0 aromatic heterocycles. The zero-order valence-corrected chi connectivity index (χ0v) is 12.9. The number of aliphatic hydroxyl groups excluding tert-OH is 1. The number of carbonyl (C=O) groups excluding carboxylic acids is 2. The van der Waals surface area contributed by atoms with E-state index in [-0.39, 0.29) is 24.1 Å². The molecule has 0 saturated carbocycles. The highest BCUT2D eigenvalue weighted by molar-refractivity contribution is 5.96. The molecule has 2 amide bonds. The van der Waals surface area contributed by atoms with Gasteiger partial charge in [0.2, 0.25) is 5.91 Å². The van der Waals surface area contributed by atoms with E-state index in [0.29, 0.717) is 6.54 Å². The zero-order chi connectivity index (χ0) is 17.0. The summed E-state index contributed by atoms with van der Waals surface area (Å²) in [5, 5.41) is 12.2. The molecule has 0 bridgehead atoms. The number of aliphatic hydroxyl groups is 1. The summed E-state index contributed by atoms with van der Waals surface area (Å²) in [5.74, 6) is -3.10. The number of halogens is 2. The molecule has 5 nitrogen and oxygen atoms in total. The summed E-state index contributed by atoms with van der Waals surface area (Å²) in [4.78, 5) is 25.7. The number of carbonyl (C=O) groups is 2. The largest absolute Gasteiger partial charge is 0.391 e. The van der Waals surface area contributed by atoms with Crippen LogP contribution in [-0.4, -0.2) is 47.1 Å². The Kier molecular flexibility index (Phi) is 5.65. The molecule has 0 spiro atoms. The van der Waals surface area contributed by atoms with E-state index >= 15 is 0 Å². The molecule has 0 aliphatic carbocycles. The highest BCUT2D eigenvalue weighted by Gasteiger charge is 2.29. The van der Waals surface area contributed by atoms with E-state index in [1.54, 1.807) is 11.8 Å².